The summed E-state index contributed by atoms with van der Waals surface area (Å²) in [6, 6.07) is 1.83. The Hall–Kier alpha value is -0.300. The Kier molecular flexibility index (Phi) is 3.80. The molecule has 0 bridgehead atoms. The summed E-state index contributed by atoms with van der Waals surface area (Å²) >= 11 is 2.25. The molecule has 0 saturated carbocycles. The van der Waals surface area contributed by atoms with Gasteiger partial charge in [0.25, 0.3) is 0 Å². The molecule has 0 aliphatic carbocycles. The third-order valence-corrected chi connectivity index (χ3v) is 1.50. The fourth-order valence-electron chi connectivity index (χ4n) is 0.795. The van der Waals surface area contributed by atoms with Crippen molar-refractivity contribution in [3.63, 3.8) is 0 Å². The van der Waals surface area contributed by atoms with E-state index in [1.165, 1.54) is 0 Å². The summed E-state index contributed by atoms with van der Waals surface area (Å²) in [4.78, 5) is 0. The van der Waals surface area contributed by atoms with Gasteiger partial charge in [-0.1, -0.05) is 27.7 Å². The average molecular weight is 282 g/mol. The number of halogens is 1. The van der Waals surface area contributed by atoms with E-state index < -0.39 is 0 Å². The van der Waals surface area contributed by atoms with Gasteiger partial charge in [-0.2, -0.15) is 0 Å². The number of anilines is 1. The van der Waals surface area contributed by atoms with Crippen LogP contribution in [-0.4, -0.2) is 16.3 Å². The van der Waals surface area contributed by atoms with Crippen LogP contribution in [0.5, 0.6) is 0 Å². The van der Waals surface area contributed by atoms with E-state index in [2.05, 4.69) is 33.1 Å². The summed E-state index contributed by atoms with van der Waals surface area (Å²) in [5.41, 5.74) is 0. The Balaban J connectivity index is 2.52. The van der Waals surface area contributed by atoms with Crippen LogP contribution in [0.4, 0.5) is 5.82 Å². The lowest BCUT2D eigenvalue weighted by atomic mass is 10.4. The standard InChI is InChI=1S/C7H11IN2O2/c1-5(8)9-7-3-6(4-11-2)12-10-7/h3,5H,4H2,1-2H3,(H,9,10). The molecule has 4 nitrogen and oxygen atoms in total. The Morgan fingerprint density at radius 1 is 1.83 bits per heavy atom. The molecule has 0 saturated heterocycles. The zero-order valence-corrected chi connectivity index (χ0v) is 9.16. The highest BCUT2D eigenvalue weighted by atomic mass is 127. The molecule has 0 amide bonds. The van der Waals surface area contributed by atoms with Crippen LogP contribution in [0.3, 0.4) is 0 Å². The summed E-state index contributed by atoms with van der Waals surface area (Å²) < 4.78 is 10.2. The normalized spacial score (nSPS) is 12.9. The van der Waals surface area contributed by atoms with Crippen LogP contribution in [0.15, 0.2) is 10.6 Å². The zero-order valence-electron chi connectivity index (χ0n) is 7.00. The number of nitrogens with zero attached hydrogens (tertiary/aromatic N) is 1. The third-order valence-electron chi connectivity index (χ3n) is 1.19. The van der Waals surface area contributed by atoms with Crippen LogP contribution >= 0.6 is 22.6 Å². The predicted octanol–water partition coefficient (Wildman–Crippen LogP) is 2.01. The lowest BCUT2D eigenvalue weighted by molar-refractivity contribution is 0.156. The van der Waals surface area contributed by atoms with Gasteiger partial charge >= 0.3 is 0 Å². The quantitative estimate of drug-likeness (QED) is 0.521. The topological polar surface area (TPSA) is 47.3 Å². The van der Waals surface area contributed by atoms with Gasteiger partial charge in [0.05, 0.1) is 4.05 Å². The first-order valence-electron chi connectivity index (χ1n) is 3.57. The number of hydrogen-bond acceptors (Lipinski definition) is 4. The number of aromatic nitrogens is 1. The molecule has 12 heavy (non-hydrogen) atoms. The lowest BCUT2D eigenvalue weighted by Crippen LogP contribution is -2.05. The van der Waals surface area contributed by atoms with Crippen molar-refractivity contribution >= 4 is 28.4 Å². The maximum atomic E-state index is 4.97. The van der Waals surface area contributed by atoms with Gasteiger partial charge in [0.15, 0.2) is 11.6 Å². The van der Waals surface area contributed by atoms with Crippen LogP contribution in [0, 0.1) is 0 Å². The zero-order chi connectivity index (χ0) is 8.97. The summed E-state index contributed by atoms with van der Waals surface area (Å²) in [6.45, 7) is 2.50. The van der Waals surface area contributed by atoms with Gasteiger partial charge in [0.2, 0.25) is 0 Å². The van der Waals surface area contributed by atoms with Gasteiger partial charge in [-0.3, -0.25) is 0 Å². The molecule has 0 aliphatic heterocycles. The molecule has 1 unspecified atom stereocenters. The molecule has 0 spiro atoms. The van der Waals surface area contributed by atoms with Crippen LogP contribution in [0.1, 0.15) is 12.7 Å². The molecular formula is C7H11IN2O2. The highest BCUT2D eigenvalue weighted by molar-refractivity contribution is 14.1. The molecule has 68 valence electrons. The second-order valence-electron chi connectivity index (χ2n) is 2.37. The molecule has 1 heterocycles. The van der Waals surface area contributed by atoms with Crippen molar-refractivity contribution in [2.75, 3.05) is 12.4 Å². The lowest BCUT2D eigenvalue weighted by Gasteiger charge is -2.01. The van der Waals surface area contributed by atoms with Crippen LogP contribution in [0.2, 0.25) is 0 Å². The molecule has 0 aromatic carbocycles. The Bertz CT molecular complexity index is 237. The number of hydrogen-bond donors (Lipinski definition) is 1. The second-order valence-corrected chi connectivity index (χ2v) is 4.24. The minimum Gasteiger partial charge on any atom is -0.377 e. The van der Waals surface area contributed by atoms with Gasteiger partial charge in [0, 0.05) is 13.2 Å². The van der Waals surface area contributed by atoms with Crippen molar-refractivity contribution in [1.29, 1.82) is 0 Å². The predicted molar refractivity (Wildman–Crippen MR) is 54.3 cm³/mol. The van der Waals surface area contributed by atoms with Crippen molar-refractivity contribution in [2.45, 2.75) is 17.6 Å². The molecule has 1 rings (SSSR count). The number of nitrogens with one attached hydrogen (secondary N) is 1. The molecule has 1 aromatic heterocycles. The second kappa shape index (κ2) is 4.66. The van der Waals surface area contributed by atoms with Gasteiger partial charge in [-0.15, -0.1) is 0 Å². The van der Waals surface area contributed by atoms with Gasteiger partial charge in [-0.05, 0) is 6.92 Å². The van der Waals surface area contributed by atoms with E-state index in [0.717, 1.165) is 11.6 Å². The Labute approximate surface area is 84.8 Å². The number of ether oxygens (including phenoxy) is 1. The van der Waals surface area contributed by atoms with Crippen LogP contribution < -0.4 is 5.32 Å². The smallest absolute Gasteiger partial charge is 0.170 e. The maximum Gasteiger partial charge on any atom is 0.170 e. The number of alkyl halides is 1. The molecule has 1 atom stereocenters. The highest BCUT2D eigenvalue weighted by Crippen LogP contribution is 2.12. The van der Waals surface area contributed by atoms with Crippen molar-refractivity contribution in [1.82, 2.24) is 5.16 Å². The van der Waals surface area contributed by atoms with Gasteiger partial charge in [-0.25, -0.2) is 0 Å². The van der Waals surface area contributed by atoms with E-state index in [-0.39, 0.29) is 0 Å². The first kappa shape index (κ1) is 9.79. The average Bonchev–Trinajstić information content (AvgIpc) is 2.36. The van der Waals surface area contributed by atoms with E-state index in [0.29, 0.717) is 10.7 Å². The van der Waals surface area contributed by atoms with Crippen molar-refractivity contribution in [2.24, 2.45) is 0 Å². The molecular weight excluding hydrogens is 271 g/mol. The van der Waals surface area contributed by atoms with Gasteiger partial charge in [0.1, 0.15) is 6.61 Å². The SMILES string of the molecule is COCc1cc(NC(C)I)no1. The summed E-state index contributed by atoms with van der Waals surface area (Å²) in [7, 11) is 1.62. The fraction of sp³-hybridized carbons (Fsp3) is 0.571. The van der Waals surface area contributed by atoms with Crippen molar-refractivity contribution in [3.8, 4) is 0 Å². The van der Waals surface area contributed by atoms with E-state index in [1.54, 1.807) is 7.11 Å². The van der Waals surface area contributed by atoms with Crippen molar-refractivity contribution in [3.05, 3.63) is 11.8 Å². The third kappa shape index (κ3) is 2.98. The minimum absolute atomic E-state index is 0.336. The number of rotatable bonds is 4. The fourth-order valence-corrected chi connectivity index (χ4v) is 1.11. The largest absolute Gasteiger partial charge is 0.377 e. The molecule has 5 heteroatoms. The monoisotopic (exact) mass is 282 g/mol. The van der Waals surface area contributed by atoms with E-state index in [4.69, 9.17) is 9.26 Å². The molecule has 0 fully saturated rings. The molecule has 1 N–H and O–H groups in total. The minimum atomic E-state index is 0.336. The van der Waals surface area contributed by atoms with E-state index in [9.17, 15) is 0 Å². The van der Waals surface area contributed by atoms with Crippen LogP contribution in [-0.2, 0) is 11.3 Å². The molecule has 0 aliphatic rings. The number of methoxy groups -OCH3 is 1. The van der Waals surface area contributed by atoms with E-state index in [1.807, 2.05) is 13.0 Å². The highest BCUT2D eigenvalue weighted by Gasteiger charge is 2.04. The first-order valence-corrected chi connectivity index (χ1v) is 4.82. The molecule has 0 radical (unpaired) electrons. The summed E-state index contributed by atoms with van der Waals surface area (Å²) in [6.07, 6.45) is 0. The van der Waals surface area contributed by atoms with Crippen LogP contribution in [0.25, 0.3) is 0 Å². The summed E-state index contributed by atoms with van der Waals surface area (Å²) in [5, 5.41) is 6.91. The first-order chi connectivity index (χ1) is 5.72. The Morgan fingerprint density at radius 2 is 2.58 bits per heavy atom. The van der Waals surface area contributed by atoms with Gasteiger partial charge < -0.3 is 14.6 Å². The van der Waals surface area contributed by atoms with E-state index >= 15 is 0 Å². The maximum absolute atomic E-state index is 4.97. The van der Waals surface area contributed by atoms with Crippen molar-refractivity contribution < 1.29 is 9.26 Å². The summed E-state index contributed by atoms with van der Waals surface area (Å²) in [5.74, 6) is 1.49. The Morgan fingerprint density at radius 3 is 3.17 bits per heavy atom. The molecule has 1 aromatic rings.